The molecule has 0 atom stereocenters. The molecule has 88 valence electrons. The molecule has 3 nitrogen and oxygen atoms in total. The molecule has 0 fully saturated rings. The molecular formula is C10H12F2O3Si. The molecule has 0 saturated heterocycles. The molecule has 0 aliphatic carbocycles. The summed E-state index contributed by atoms with van der Waals surface area (Å²) in [5.41, 5.74) is -0.748. The molecule has 1 aromatic carbocycles. The van der Waals surface area contributed by atoms with Crippen LogP contribution in [0.5, 0.6) is 5.75 Å². The van der Waals surface area contributed by atoms with Gasteiger partial charge in [0.25, 0.3) is 0 Å². The summed E-state index contributed by atoms with van der Waals surface area (Å²) in [4.78, 5) is 10.8. The van der Waals surface area contributed by atoms with Crippen molar-refractivity contribution in [1.29, 1.82) is 0 Å². The van der Waals surface area contributed by atoms with Gasteiger partial charge in [0.2, 0.25) is 8.32 Å². The van der Waals surface area contributed by atoms with Gasteiger partial charge in [-0.1, -0.05) is 0 Å². The topological polar surface area (TPSA) is 46.5 Å². The zero-order valence-corrected chi connectivity index (χ0v) is 10.2. The smallest absolute Gasteiger partial charge is 0.342 e. The van der Waals surface area contributed by atoms with Crippen LogP contribution in [0.3, 0.4) is 0 Å². The first kappa shape index (κ1) is 12.6. The predicted octanol–water partition coefficient (Wildman–Crippen LogP) is 2.88. The number of benzene rings is 1. The molecule has 1 N–H and O–H groups in total. The molecule has 0 saturated carbocycles. The van der Waals surface area contributed by atoms with E-state index in [2.05, 4.69) is 0 Å². The van der Waals surface area contributed by atoms with Crippen LogP contribution < -0.4 is 4.43 Å². The number of aromatic carboxylic acids is 1. The Hall–Kier alpha value is -1.43. The van der Waals surface area contributed by atoms with Crippen molar-refractivity contribution in [1.82, 2.24) is 0 Å². The van der Waals surface area contributed by atoms with Crippen LogP contribution in [0.15, 0.2) is 12.1 Å². The minimum absolute atomic E-state index is 0.120. The SMILES string of the molecule is C[Si](C)(C)Oc1ccc(F)c(F)c1C(=O)O. The second-order valence-corrected chi connectivity index (χ2v) is 8.68. The van der Waals surface area contributed by atoms with Crippen molar-refractivity contribution < 1.29 is 23.1 Å². The molecule has 16 heavy (non-hydrogen) atoms. The summed E-state index contributed by atoms with van der Waals surface area (Å²) >= 11 is 0. The normalized spacial score (nSPS) is 11.3. The second-order valence-electron chi connectivity index (χ2n) is 4.25. The predicted molar refractivity (Wildman–Crippen MR) is 57.3 cm³/mol. The monoisotopic (exact) mass is 246 g/mol. The summed E-state index contributed by atoms with van der Waals surface area (Å²) in [7, 11) is -2.07. The van der Waals surface area contributed by atoms with Gasteiger partial charge in [0.1, 0.15) is 11.3 Å². The van der Waals surface area contributed by atoms with Crippen molar-refractivity contribution in [3.63, 3.8) is 0 Å². The lowest BCUT2D eigenvalue weighted by Gasteiger charge is -2.20. The molecule has 0 aliphatic rings. The van der Waals surface area contributed by atoms with Gasteiger partial charge in [0.05, 0.1) is 0 Å². The van der Waals surface area contributed by atoms with E-state index in [1.165, 1.54) is 0 Å². The highest BCUT2D eigenvalue weighted by atomic mass is 28.4. The molecule has 0 heterocycles. The van der Waals surface area contributed by atoms with Gasteiger partial charge in [-0.3, -0.25) is 0 Å². The van der Waals surface area contributed by atoms with Crippen LogP contribution in [0.4, 0.5) is 8.78 Å². The summed E-state index contributed by atoms with van der Waals surface area (Å²) in [6.07, 6.45) is 0. The lowest BCUT2D eigenvalue weighted by atomic mass is 10.2. The Morgan fingerprint density at radius 1 is 1.31 bits per heavy atom. The Morgan fingerprint density at radius 2 is 1.88 bits per heavy atom. The Balaban J connectivity index is 3.29. The molecule has 6 heteroatoms. The molecule has 0 unspecified atom stereocenters. The first-order chi connectivity index (χ1) is 7.22. The van der Waals surface area contributed by atoms with Gasteiger partial charge in [-0.15, -0.1) is 0 Å². The minimum atomic E-state index is -2.07. The quantitative estimate of drug-likeness (QED) is 0.834. The first-order valence-electron chi connectivity index (χ1n) is 4.62. The van der Waals surface area contributed by atoms with Crippen LogP contribution in [-0.4, -0.2) is 19.4 Å². The van der Waals surface area contributed by atoms with Crippen LogP contribution in [-0.2, 0) is 0 Å². The van der Waals surface area contributed by atoms with Gasteiger partial charge in [-0.2, -0.15) is 0 Å². The molecule has 1 aromatic rings. The fourth-order valence-electron chi connectivity index (χ4n) is 1.15. The van der Waals surface area contributed by atoms with E-state index in [9.17, 15) is 13.6 Å². The van der Waals surface area contributed by atoms with Crippen LogP contribution in [0.25, 0.3) is 0 Å². The van der Waals surface area contributed by atoms with Crippen LogP contribution in [0.2, 0.25) is 19.6 Å². The highest BCUT2D eigenvalue weighted by Gasteiger charge is 2.25. The highest BCUT2D eigenvalue weighted by Crippen LogP contribution is 2.26. The van der Waals surface area contributed by atoms with Crippen molar-refractivity contribution in [3.05, 3.63) is 29.3 Å². The Labute approximate surface area is 92.8 Å². The Morgan fingerprint density at radius 3 is 2.31 bits per heavy atom. The number of halogens is 2. The summed E-state index contributed by atoms with van der Waals surface area (Å²) in [6, 6.07) is 2.00. The van der Waals surface area contributed by atoms with E-state index in [0.717, 1.165) is 12.1 Å². The summed E-state index contributed by atoms with van der Waals surface area (Å²) < 4.78 is 31.5. The van der Waals surface area contributed by atoms with Gasteiger partial charge < -0.3 is 9.53 Å². The highest BCUT2D eigenvalue weighted by molar-refractivity contribution is 6.70. The zero-order valence-electron chi connectivity index (χ0n) is 9.17. The molecule has 0 radical (unpaired) electrons. The maximum Gasteiger partial charge on any atom is 0.342 e. The third-order valence-corrected chi connectivity index (χ3v) is 2.52. The summed E-state index contributed by atoms with van der Waals surface area (Å²) in [6.45, 7) is 5.46. The van der Waals surface area contributed by atoms with Crippen LogP contribution in [0, 0.1) is 11.6 Å². The van der Waals surface area contributed by atoms with Crippen LogP contribution >= 0.6 is 0 Å². The van der Waals surface area contributed by atoms with Crippen molar-refractivity contribution in [3.8, 4) is 5.75 Å². The van der Waals surface area contributed by atoms with Gasteiger partial charge in [-0.05, 0) is 31.8 Å². The van der Waals surface area contributed by atoms with E-state index in [1.807, 2.05) is 19.6 Å². The van der Waals surface area contributed by atoms with E-state index < -0.39 is 31.5 Å². The number of hydrogen-bond donors (Lipinski definition) is 1. The third-order valence-electron chi connectivity index (χ3n) is 1.69. The van der Waals surface area contributed by atoms with E-state index in [1.54, 1.807) is 0 Å². The maximum atomic E-state index is 13.3. The summed E-state index contributed by atoms with van der Waals surface area (Å²) in [5.74, 6) is -4.24. The fraction of sp³-hybridized carbons (Fsp3) is 0.300. The first-order valence-corrected chi connectivity index (χ1v) is 8.03. The largest absolute Gasteiger partial charge is 0.544 e. The molecule has 0 bridgehead atoms. The number of hydrogen-bond acceptors (Lipinski definition) is 2. The van der Waals surface area contributed by atoms with E-state index >= 15 is 0 Å². The number of carbonyl (C=O) groups is 1. The van der Waals surface area contributed by atoms with Crippen LogP contribution in [0.1, 0.15) is 10.4 Å². The Bertz CT molecular complexity index is 427. The molecule has 0 aromatic heterocycles. The molecule has 0 amide bonds. The van der Waals surface area contributed by atoms with Gasteiger partial charge in [0, 0.05) is 0 Å². The van der Waals surface area contributed by atoms with E-state index in [4.69, 9.17) is 9.53 Å². The number of carboxylic acids is 1. The lowest BCUT2D eigenvalue weighted by Crippen LogP contribution is -2.30. The maximum absolute atomic E-state index is 13.3. The minimum Gasteiger partial charge on any atom is -0.544 e. The van der Waals surface area contributed by atoms with Crippen molar-refractivity contribution in [2.75, 3.05) is 0 Å². The number of carboxylic acid groups (broad SMARTS) is 1. The molecular weight excluding hydrogens is 234 g/mol. The fourth-order valence-corrected chi connectivity index (χ4v) is 1.98. The average Bonchev–Trinajstić information content (AvgIpc) is 2.08. The zero-order chi connectivity index (χ0) is 12.5. The molecule has 0 aliphatic heterocycles. The van der Waals surface area contributed by atoms with Crippen molar-refractivity contribution in [2.45, 2.75) is 19.6 Å². The molecule has 1 rings (SSSR count). The van der Waals surface area contributed by atoms with Crippen molar-refractivity contribution in [2.24, 2.45) is 0 Å². The van der Waals surface area contributed by atoms with Gasteiger partial charge >= 0.3 is 5.97 Å². The molecule has 0 spiro atoms. The standard InChI is InChI=1S/C10H12F2O3Si/c1-16(2,3)15-7-5-4-6(11)9(12)8(7)10(13)14/h4-5H,1-3H3,(H,13,14). The third kappa shape index (κ3) is 2.79. The van der Waals surface area contributed by atoms with E-state index in [-0.39, 0.29) is 5.75 Å². The Kier molecular flexibility index (Phi) is 3.32. The van der Waals surface area contributed by atoms with Gasteiger partial charge in [0.15, 0.2) is 11.6 Å². The lowest BCUT2D eigenvalue weighted by molar-refractivity contribution is 0.0688. The van der Waals surface area contributed by atoms with Gasteiger partial charge in [-0.25, -0.2) is 13.6 Å². The van der Waals surface area contributed by atoms with Crippen molar-refractivity contribution >= 4 is 14.3 Å². The second kappa shape index (κ2) is 4.21. The number of rotatable bonds is 3. The van der Waals surface area contributed by atoms with E-state index in [0.29, 0.717) is 0 Å². The average molecular weight is 246 g/mol. The summed E-state index contributed by atoms with van der Waals surface area (Å²) in [5, 5.41) is 8.80.